The Kier molecular flexibility index (Phi) is 2.87. The number of aromatic nitrogens is 2. The number of benzene rings is 2. The zero-order valence-corrected chi connectivity index (χ0v) is 11.2. The number of nitrogens with zero attached hydrogens (tertiary/aromatic N) is 2. The Morgan fingerprint density at radius 3 is 2.65 bits per heavy atom. The lowest BCUT2D eigenvalue weighted by Crippen LogP contribution is -2.04. The Balaban J connectivity index is 2.48. The first kappa shape index (κ1) is 12.9. The minimum atomic E-state index is -0.994. The summed E-state index contributed by atoms with van der Waals surface area (Å²) in [5.74, 6) is -1.89. The molecule has 2 N–H and O–H groups in total. The van der Waals surface area contributed by atoms with E-state index in [-0.39, 0.29) is 17.0 Å². The summed E-state index contributed by atoms with van der Waals surface area (Å²) in [4.78, 5) is 4.05. The Bertz CT molecular complexity index is 807. The summed E-state index contributed by atoms with van der Waals surface area (Å²) >= 11 is 6.17. The molecule has 0 spiro atoms. The highest BCUT2D eigenvalue weighted by atomic mass is 35.5. The number of para-hydroxylation sites is 1. The number of rotatable bonds is 1. The van der Waals surface area contributed by atoms with Gasteiger partial charge < -0.3 is 5.73 Å². The molecule has 0 atom stereocenters. The molecular formula is C14H10ClF2N3. The van der Waals surface area contributed by atoms with E-state index in [0.29, 0.717) is 10.7 Å². The quantitative estimate of drug-likeness (QED) is 0.740. The molecule has 0 saturated heterocycles. The molecule has 2 aromatic carbocycles. The average molecular weight is 294 g/mol. The second-order valence-corrected chi connectivity index (χ2v) is 4.85. The van der Waals surface area contributed by atoms with Crippen molar-refractivity contribution < 1.29 is 8.78 Å². The maximum Gasteiger partial charge on any atom is 0.206 e. The summed E-state index contributed by atoms with van der Waals surface area (Å²) in [6.07, 6.45) is 0. The molecule has 0 bridgehead atoms. The Morgan fingerprint density at radius 2 is 1.95 bits per heavy atom. The molecule has 0 fully saturated rings. The molecule has 1 heterocycles. The third kappa shape index (κ3) is 1.74. The Hall–Kier alpha value is -2.14. The highest BCUT2D eigenvalue weighted by Crippen LogP contribution is 2.32. The van der Waals surface area contributed by atoms with Crippen LogP contribution in [0.2, 0.25) is 5.02 Å². The van der Waals surface area contributed by atoms with Crippen molar-refractivity contribution >= 4 is 28.6 Å². The van der Waals surface area contributed by atoms with Crippen LogP contribution in [0.25, 0.3) is 16.7 Å². The Labute approximate surface area is 118 Å². The van der Waals surface area contributed by atoms with Crippen molar-refractivity contribution in [2.24, 2.45) is 0 Å². The predicted octanol–water partition coefficient (Wildman–Crippen LogP) is 3.85. The monoisotopic (exact) mass is 293 g/mol. The zero-order chi connectivity index (χ0) is 14.4. The fraction of sp³-hybridized carbons (Fsp3) is 0.0714. The predicted molar refractivity (Wildman–Crippen MR) is 75.1 cm³/mol. The van der Waals surface area contributed by atoms with Gasteiger partial charge in [-0.15, -0.1) is 0 Å². The number of hydrogen-bond donors (Lipinski definition) is 1. The van der Waals surface area contributed by atoms with Crippen LogP contribution in [0.5, 0.6) is 0 Å². The molecule has 0 saturated carbocycles. The van der Waals surface area contributed by atoms with Crippen molar-refractivity contribution in [2.45, 2.75) is 6.92 Å². The van der Waals surface area contributed by atoms with Crippen LogP contribution in [0.1, 0.15) is 5.56 Å². The summed E-state index contributed by atoms with van der Waals surface area (Å²) < 4.78 is 28.9. The number of imidazole rings is 1. The lowest BCUT2D eigenvalue weighted by atomic mass is 10.2. The Morgan fingerprint density at radius 1 is 1.20 bits per heavy atom. The van der Waals surface area contributed by atoms with E-state index < -0.39 is 11.6 Å². The third-order valence-electron chi connectivity index (χ3n) is 3.15. The van der Waals surface area contributed by atoms with E-state index in [0.717, 1.165) is 11.6 Å². The van der Waals surface area contributed by atoms with Crippen LogP contribution in [0.15, 0.2) is 30.3 Å². The number of hydrogen-bond acceptors (Lipinski definition) is 2. The highest BCUT2D eigenvalue weighted by molar-refractivity contribution is 6.32. The standard InChI is InChI=1S/C14H10ClF2N3/c1-7-3-2-4-8(15)12(7)20-13-10(19-14(20)18)6-5-9(16)11(13)17/h2-6H,1H3,(H2,18,19). The maximum absolute atomic E-state index is 14.1. The number of fused-ring (bicyclic) bond motifs is 1. The molecule has 0 unspecified atom stereocenters. The molecule has 0 amide bonds. The molecule has 3 aromatic rings. The first-order valence-electron chi connectivity index (χ1n) is 5.88. The van der Waals surface area contributed by atoms with E-state index in [4.69, 9.17) is 17.3 Å². The molecule has 0 aliphatic carbocycles. The first-order valence-corrected chi connectivity index (χ1v) is 6.26. The lowest BCUT2D eigenvalue weighted by molar-refractivity contribution is 0.514. The van der Waals surface area contributed by atoms with Gasteiger partial charge in [0.2, 0.25) is 5.95 Å². The van der Waals surface area contributed by atoms with Gasteiger partial charge in [0.05, 0.1) is 16.2 Å². The highest BCUT2D eigenvalue weighted by Gasteiger charge is 2.19. The van der Waals surface area contributed by atoms with Crippen molar-refractivity contribution in [2.75, 3.05) is 5.73 Å². The van der Waals surface area contributed by atoms with Gasteiger partial charge in [0.15, 0.2) is 11.6 Å². The van der Waals surface area contributed by atoms with Gasteiger partial charge in [0.25, 0.3) is 0 Å². The second kappa shape index (κ2) is 4.45. The van der Waals surface area contributed by atoms with Crippen molar-refractivity contribution in [3.63, 3.8) is 0 Å². The summed E-state index contributed by atoms with van der Waals surface area (Å²) in [6, 6.07) is 7.64. The van der Waals surface area contributed by atoms with Crippen LogP contribution in [0, 0.1) is 18.6 Å². The SMILES string of the molecule is Cc1cccc(Cl)c1-n1c(N)nc2ccc(F)c(F)c21. The van der Waals surface area contributed by atoms with Crippen LogP contribution < -0.4 is 5.73 Å². The van der Waals surface area contributed by atoms with Crippen molar-refractivity contribution in [3.05, 3.63) is 52.6 Å². The molecule has 1 aromatic heterocycles. The van der Waals surface area contributed by atoms with Crippen molar-refractivity contribution in [1.82, 2.24) is 9.55 Å². The lowest BCUT2D eigenvalue weighted by Gasteiger charge is -2.12. The number of anilines is 1. The molecule has 3 nitrogen and oxygen atoms in total. The first-order chi connectivity index (χ1) is 9.50. The smallest absolute Gasteiger partial charge is 0.206 e. The minimum Gasteiger partial charge on any atom is -0.369 e. The summed E-state index contributed by atoms with van der Waals surface area (Å²) in [6.45, 7) is 1.81. The van der Waals surface area contributed by atoms with Gasteiger partial charge in [0, 0.05) is 0 Å². The van der Waals surface area contributed by atoms with Gasteiger partial charge in [-0.2, -0.15) is 0 Å². The van der Waals surface area contributed by atoms with Crippen LogP contribution in [0.3, 0.4) is 0 Å². The average Bonchev–Trinajstić information content (AvgIpc) is 2.72. The van der Waals surface area contributed by atoms with Gasteiger partial charge >= 0.3 is 0 Å². The van der Waals surface area contributed by atoms with Gasteiger partial charge in [-0.05, 0) is 30.7 Å². The van der Waals surface area contributed by atoms with E-state index in [1.165, 1.54) is 10.6 Å². The van der Waals surface area contributed by atoms with Gasteiger partial charge in [-0.25, -0.2) is 13.8 Å². The largest absolute Gasteiger partial charge is 0.369 e. The molecular weight excluding hydrogens is 284 g/mol. The van der Waals surface area contributed by atoms with Gasteiger partial charge in [0.1, 0.15) is 5.52 Å². The van der Waals surface area contributed by atoms with Crippen molar-refractivity contribution in [3.8, 4) is 5.69 Å². The van der Waals surface area contributed by atoms with E-state index in [9.17, 15) is 8.78 Å². The second-order valence-electron chi connectivity index (χ2n) is 4.44. The summed E-state index contributed by atoms with van der Waals surface area (Å²) in [5.41, 5.74) is 7.39. The molecule has 0 aliphatic heterocycles. The fourth-order valence-electron chi connectivity index (χ4n) is 2.25. The summed E-state index contributed by atoms with van der Waals surface area (Å²) in [5, 5.41) is 0.389. The summed E-state index contributed by atoms with van der Waals surface area (Å²) in [7, 11) is 0. The number of nitrogens with two attached hydrogens (primary N) is 1. The maximum atomic E-state index is 14.1. The van der Waals surface area contributed by atoms with Gasteiger partial charge in [-0.3, -0.25) is 4.57 Å². The van der Waals surface area contributed by atoms with E-state index in [2.05, 4.69) is 4.98 Å². The van der Waals surface area contributed by atoms with Crippen LogP contribution in [-0.2, 0) is 0 Å². The van der Waals surface area contributed by atoms with Crippen LogP contribution >= 0.6 is 11.6 Å². The number of nitrogen functional groups attached to an aromatic ring is 1. The number of halogens is 3. The van der Waals surface area contributed by atoms with Gasteiger partial charge in [-0.1, -0.05) is 23.7 Å². The van der Waals surface area contributed by atoms with E-state index in [1.54, 1.807) is 12.1 Å². The van der Waals surface area contributed by atoms with E-state index >= 15 is 0 Å². The molecule has 3 rings (SSSR count). The fourth-order valence-corrected chi connectivity index (χ4v) is 2.56. The third-order valence-corrected chi connectivity index (χ3v) is 3.45. The number of aryl methyl sites for hydroxylation is 1. The molecule has 20 heavy (non-hydrogen) atoms. The normalized spacial score (nSPS) is 11.2. The molecule has 0 aliphatic rings. The van der Waals surface area contributed by atoms with Crippen LogP contribution in [0.4, 0.5) is 14.7 Å². The minimum absolute atomic E-state index is 0.0151. The van der Waals surface area contributed by atoms with Crippen molar-refractivity contribution in [1.29, 1.82) is 0 Å². The van der Waals surface area contributed by atoms with Crippen LogP contribution in [-0.4, -0.2) is 9.55 Å². The molecule has 102 valence electrons. The topological polar surface area (TPSA) is 43.8 Å². The van der Waals surface area contributed by atoms with E-state index in [1.807, 2.05) is 13.0 Å². The molecule has 0 radical (unpaired) electrons. The molecule has 6 heteroatoms. The zero-order valence-electron chi connectivity index (χ0n) is 10.5.